The second-order valence-corrected chi connectivity index (χ2v) is 6.33. The van der Waals surface area contributed by atoms with Gasteiger partial charge in [0.15, 0.2) is 0 Å². The molecule has 0 unspecified atom stereocenters. The molecule has 0 aliphatic carbocycles. The summed E-state index contributed by atoms with van der Waals surface area (Å²) in [6.07, 6.45) is 0. The first kappa shape index (κ1) is 17.7. The number of ether oxygens (including phenoxy) is 1. The van der Waals surface area contributed by atoms with Crippen molar-refractivity contribution in [1.82, 2.24) is 5.32 Å². The van der Waals surface area contributed by atoms with Crippen LogP contribution in [0.4, 0.5) is 14.5 Å². The zero-order chi connectivity index (χ0) is 17.9. The third-order valence-corrected chi connectivity index (χ3v) is 4.50. The predicted octanol–water partition coefficient (Wildman–Crippen LogP) is 2.13. The van der Waals surface area contributed by atoms with Crippen molar-refractivity contribution in [2.24, 2.45) is 0 Å². The lowest BCUT2D eigenvalue weighted by Gasteiger charge is -2.12. The molecule has 0 fully saturated rings. The number of rotatable bonds is 5. The van der Waals surface area contributed by atoms with Gasteiger partial charge in [0.1, 0.15) is 23.1 Å². The van der Waals surface area contributed by atoms with E-state index in [-0.39, 0.29) is 16.2 Å². The molecule has 9 heteroatoms. The van der Waals surface area contributed by atoms with Gasteiger partial charge in [-0.3, -0.25) is 9.52 Å². The third-order valence-electron chi connectivity index (χ3n) is 3.15. The molecule has 0 radical (unpaired) electrons. The number of para-hydroxylation sites is 1. The van der Waals surface area contributed by atoms with E-state index in [1.54, 1.807) is 0 Å². The molecule has 0 bridgehead atoms. The number of sulfonamides is 1. The van der Waals surface area contributed by atoms with Gasteiger partial charge >= 0.3 is 0 Å². The maximum absolute atomic E-state index is 13.6. The highest BCUT2D eigenvalue weighted by molar-refractivity contribution is 7.92. The average molecular weight is 356 g/mol. The summed E-state index contributed by atoms with van der Waals surface area (Å²) in [6, 6.07) is 6.44. The highest BCUT2D eigenvalue weighted by atomic mass is 32.2. The Bertz CT molecular complexity index is 865. The van der Waals surface area contributed by atoms with E-state index in [1.165, 1.54) is 20.2 Å². The number of methoxy groups -OCH3 is 1. The van der Waals surface area contributed by atoms with Gasteiger partial charge < -0.3 is 10.1 Å². The number of halogens is 2. The van der Waals surface area contributed by atoms with Crippen LogP contribution in [0.25, 0.3) is 0 Å². The van der Waals surface area contributed by atoms with Crippen molar-refractivity contribution < 1.29 is 26.7 Å². The Hall–Kier alpha value is -2.68. The molecule has 1 amide bonds. The molecule has 2 aromatic carbocycles. The Morgan fingerprint density at radius 2 is 1.75 bits per heavy atom. The summed E-state index contributed by atoms with van der Waals surface area (Å²) in [5.74, 6) is -2.52. The zero-order valence-corrected chi connectivity index (χ0v) is 13.6. The zero-order valence-electron chi connectivity index (χ0n) is 12.8. The molecule has 24 heavy (non-hydrogen) atoms. The summed E-state index contributed by atoms with van der Waals surface area (Å²) in [6.45, 7) is 0. The molecule has 0 saturated carbocycles. The van der Waals surface area contributed by atoms with Crippen molar-refractivity contribution in [3.05, 3.63) is 53.6 Å². The molecule has 2 rings (SSSR count). The van der Waals surface area contributed by atoms with Crippen LogP contribution in [0.2, 0.25) is 0 Å². The van der Waals surface area contributed by atoms with Crippen LogP contribution in [0.3, 0.4) is 0 Å². The number of anilines is 1. The molecule has 0 saturated heterocycles. The standard InChI is InChI=1S/C15H14F2N2O4S/c1-18-15(20)10-8-9(6-7-13(10)23-2)24(21,22)19-14-11(16)4-3-5-12(14)17/h3-8,19H,1-2H3,(H,18,20). The summed E-state index contributed by atoms with van der Waals surface area (Å²) in [4.78, 5) is 11.5. The van der Waals surface area contributed by atoms with Crippen molar-refractivity contribution >= 4 is 21.6 Å². The number of hydrogen-bond donors (Lipinski definition) is 2. The van der Waals surface area contributed by atoms with Gasteiger partial charge in [-0.15, -0.1) is 0 Å². The minimum atomic E-state index is -4.31. The van der Waals surface area contributed by atoms with Gasteiger partial charge in [0.2, 0.25) is 0 Å². The fourth-order valence-electron chi connectivity index (χ4n) is 1.95. The fourth-order valence-corrected chi connectivity index (χ4v) is 3.06. The largest absolute Gasteiger partial charge is 0.496 e. The second-order valence-electron chi connectivity index (χ2n) is 4.64. The van der Waals surface area contributed by atoms with Gasteiger partial charge in [0.05, 0.1) is 17.6 Å². The topological polar surface area (TPSA) is 84.5 Å². The van der Waals surface area contributed by atoms with E-state index in [0.29, 0.717) is 0 Å². The molecule has 128 valence electrons. The van der Waals surface area contributed by atoms with Gasteiger partial charge in [-0.05, 0) is 30.3 Å². The van der Waals surface area contributed by atoms with E-state index >= 15 is 0 Å². The average Bonchev–Trinajstić information content (AvgIpc) is 2.57. The molecule has 0 atom stereocenters. The lowest BCUT2D eigenvalue weighted by molar-refractivity contribution is 0.0960. The minimum absolute atomic E-state index is 0.0307. The fraction of sp³-hybridized carbons (Fsp3) is 0.133. The van der Waals surface area contributed by atoms with Crippen LogP contribution in [0.15, 0.2) is 41.3 Å². The maximum atomic E-state index is 13.6. The quantitative estimate of drug-likeness (QED) is 0.860. The summed E-state index contributed by atoms with van der Waals surface area (Å²) in [5, 5.41) is 2.35. The van der Waals surface area contributed by atoms with Crippen molar-refractivity contribution in [2.75, 3.05) is 18.9 Å². The van der Waals surface area contributed by atoms with Crippen molar-refractivity contribution in [3.8, 4) is 5.75 Å². The van der Waals surface area contributed by atoms with Crippen molar-refractivity contribution in [1.29, 1.82) is 0 Å². The Morgan fingerprint density at radius 1 is 1.12 bits per heavy atom. The lowest BCUT2D eigenvalue weighted by atomic mass is 10.2. The van der Waals surface area contributed by atoms with Crippen molar-refractivity contribution in [3.63, 3.8) is 0 Å². The smallest absolute Gasteiger partial charge is 0.262 e. The lowest BCUT2D eigenvalue weighted by Crippen LogP contribution is -2.20. The molecule has 6 nitrogen and oxygen atoms in total. The van der Waals surface area contributed by atoms with Crippen LogP contribution in [-0.2, 0) is 10.0 Å². The summed E-state index contributed by atoms with van der Waals surface area (Å²) in [5.41, 5.74) is -0.827. The van der Waals surface area contributed by atoms with E-state index < -0.39 is 33.3 Å². The van der Waals surface area contributed by atoms with E-state index in [2.05, 4.69) is 5.32 Å². The van der Waals surface area contributed by atoms with Crippen LogP contribution in [0, 0.1) is 11.6 Å². The number of hydrogen-bond acceptors (Lipinski definition) is 4. The number of carbonyl (C=O) groups excluding carboxylic acids is 1. The van der Waals surface area contributed by atoms with Crippen LogP contribution < -0.4 is 14.8 Å². The van der Waals surface area contributed by atoms with E-state index in [1.807, 2.05) is 4.72 Å². The molecular formula is C15H14F2N2O4S. The number of amides is 1. The van der Waals surface area contributed by atoms with Gasteiger partial charge in [-0.2, -0.15) is 0 Å². The summed E-state index contributed by atoms with van der Waals surface area (Å²) in [7, 11) is -1.62. The molecule has 2 N–H and O–H groups in total. The molecular weight excluding hydrogens is 342 g/mol. The van der Waals surface area contributed by atoms with Crippen LogP contribution in [0.5, 0.6) is 5.75 Å². The first-order valence-electron chi connectivity index (χ1n) is 6.67. The van der Waals surface area contributed by atoms with Crippen LogP contribution >= 0.6 is 0 Å². The Morgan fingerprint density at radius 3 is 2.29 bits per heavy atom. The van der Waals surface area contributed by atoms with E-state index in [4.69, 9.17) is 4.74 Å². The molecule has 0 heterocycles. The molecule has 2 aromatic rings. The molecule has 0 spiro atoms. The van der Waals surface area contributed by atoms with E-state index in [0.717, 1.165) is 30.3 Å². The third kappa shape index (κ3) is 3.46. The molecule has 0 aliphatic rings. The Labute approximate surface area is 137 Å². The first-order valence-corrected chi connectivity index (χ1v) is 8.15. The maximum Gasteiger partial charge on any atom is 0.262 e. The highest BCUT2D eigenvalue weighted by Crippen LogP contribution is 2.26. The van der Waals surface area contributed by atoms with Crippen molar-refractivity contribution in [2.45, 2.75) is 4.90 Å². The molecule has 0 aromatic heterocycles. The number of carbonyl (C=O) groups is 1. The highest BCUT2D eigenvalue weighted by Gasteiger charge is 2.22. The van der Waals surface area contributed by atoms with Gasteiger partial charge in [0.25, 0.3) is 15.9 Å². The first-order chi connectivity index (χ1) is 11.3. The molecule has 0 aliphatic heterocycles. The van der Waals surface area contributed by atoms with Gasteiger partial charge in [-0.1, -0.05) is 6.07 Å². The SMILES string of the molecule is CNC(=O)c1cc(S(=O)(=O)Nc2c(F)cccc2F)ccc1OC. The Kier molecular flexibility index (Phi) is 5.03. The normalized spacial score (nSPS) is 11.0. The summed E-state index contributed by atoms with van der Waals surface area (Å²) < 4.78 is 58.8. The summed E-state index contributed by atoms with van der Waals surface area (Å²) >= 11 is 0. The Balaban J connectivity index is 2.48. The van der Waals surface area contributed by atoms with Gasteiger partial charge in [-0.25, -0.2) is 17.2 Å². The van der Waals surface area contributed by atoms with Crippen LogP contribution in [-0.4, -0.2) is 28.5 Å². The van der Waals surface area contributed by atoms with E-state index in [9.17, 15) is 22.0 Å². The second kappa shape index (κ2) is 6.83. The predicted molar refractivity (Wildman–Crippen MR) is 83.6 cm³/mol. The number of nitrogens with one attached hydrogen (secondary N) is 2. The van der Waals surface area contributed by atoms with Gasteiger partial charge in [0, 0.05) is 7.05 Å². The van der Waals surface area contributed by atoms with Crippen LogP contribution in [0.1, 0.15) is 10.4 Å². The number of benzene rings is 2. The monoisotopic (exact) mass is 356 g/mol. The minimum Gasteiger partial charge on any atom is -0.496 e.